The minimum Gasteiger partial charge on any atom is -0.353 e. The number of hydrogen-bond donors (Lipinski definition) is 2. The summed E-state index contributed by atoms with van der Waals surface area (Å²) in [4.78, 5) is 12.3. The van der Waals surface area contributed by atoms with Crippen molar-refractivity contribution in [3.8, 4) is 0 Å². The number of amides is 1. The van der Waals surface area contributed by atoms with E-state index in [-0.39, 0.29) is 24.3 Å². The van der Waals surface area contributed by atoms with Gasteiger partial charge >= 0.3 is 0 Å². The summed E-state index contributed by atoms with van der Waals surface area (Å²) in [6.07, 6.45) is 5.56. The molecule has 4 fully saturated rings. The van der Waals surface area contributed by atoms with E-state index in [1.165, 1.54) is 0 Å². The largest absolute Gasteiger partial charge is 0.353 e. The van der Waals surface area contributed by atoms with Crippen molar-refractivity contribution in [2.24, 2.45) is 28.9 Å². The Labute approximate surface area is 124 Å². The van der Waals surface area contributed by atoms with Gasteiger partial charge in [0.25, 0.3) is 5.92 Å². The van der Waals surface area contributed by atoms with Crippen molar-refractivity contribution >= 4 is 5.91 Å². The third-order valence-corrected chi connectivity index (χ3v) is 6.75. The number of alkyl halides is 2. The van der Waals surface area contributed by atoms with Crippen LogP contribution < -0.4 is 11.1 Å². The van der Waals surface area contributed by atoms with Crippen LogP contribution >= 0.6 is 0 Å². The minimum absolute atomic E-state index is 0.0601. The fourth-order valence-corrected chi connectivity index (χ4v) is 5.05. The zero-order valence-corrected chi connectivity index (χ0v) is 12.3. The molecule has 0 aromatic carbocycles. The SMILES string of the molecule is NC1CC2CC(C(=O)NC3CCC4(CC3)CC4(F)F)CC12. The molecule has 3 nitrogen and oxygen atoms in total. The van der Waals surface area contributed by atoms with E-state index in [2.05, 4.69) is 5.32 Å². The molecule has 4 saturated carbocycles. The van der Waals surface area contributed by atoms with Gasteiger partial charge in [0.15, 0.2) is 0 Å². The summed E-state index contributed by atoms with van der Waals surface area (Å²) in [5.74, 6) is -1.01. The van der Waals surface area contributed by atoms with E-state index in [0.717, 1.165) is 19.3 Å². The van der Waals surface area contributed by atoms with Gasteiger partial charge in [-0.05, 0) is 56.8 Å². The van der Waals surface area contributed by atoms with Crippen LogP contribution in [-0.2, 0) is 4.79 Å². The van der Waals surface area contributed by atoms with E-state index >= 15 is 0 Å². The molecule has 4 atom stereocenters. The number of fused-ring (bicyclic) bond motifs is 1. The molecule has 1 amide bonds. The fraction of sp³-hybridized carbons (Fsp3) is 0.938. The molecule has 21 heavy (non-hydrogen) atoms. The Balaban J connectivity index is 1.27. The lowest BCUT2D eigenvalue weighted by Crippen LogP contribution is -2.44. The zero-order valence-electron chi connectivity index (χ0n) is 12.3. The maximum Gasteiger partial charge on any atom is 0.254 e. The van der Waals surface area contributed by atoms with Crippen LogP contribution in [0.3, 0.4) is 0 Å². The van der Waals surface area contributed by atoms with Crippen molar-refractivity contribution in [3.63, 3.8) is 0 Å². The molecule has 4 unspecified atom stereocenters. The van der Waals surface area contributed by atoms with E-state index in [0.29, 0.717) is 43.6 Å². The monoisotopic (exact) mass is 298 g/mol. The highest BCUT2D eigenvalue weighted by atomic mass is 19.3. The van der Waals surface area contributed by atoms with Crippen molar-refractivity contribution in [2.75, 3.05) is 0 Å². The molecule has 4 rings (SSSR count). The molecule has 0 saturated heterocycles. The summed E-state index contributed by atoms with van der Waals surface area (Å²) in [5, 5.41) is 3.11. The maximum atomic E-state index is 13.3. The maximum absolute atomic E-state index is 13.3. The first-order valence-corrected chi connectivity index (χ1v) is 8.34. The number of carbonyl (C=O) groups excluding carboxylic acids is 1. The number of rotatable bonds is 2. The van der Waals surface area contributed by atoms with Gasteiger partial charge in [0.1, 0.15) is 0 Å². The molecule has 0 aromatic heterocycles. The van der Waals surface area contributed by atoms with Gasteiger partial charge in [-0.15, -0.1) is 0 Å². The second kappa shape index (κ2) is 4.40. The first kappa shape index (κ1) is 13.9. The van der Waals surface area contributed by atoms with Crippen LogP contribution in [-0.4, -0.2) is 23.9 Å². The lowest BCUT2D eigenvalue weighted by Gasteiger charge is -2.37. The van der Waals surface area contributed by atoms with Crippen LogP contribution in [0.1, 0.15) is 51.4 Å². The lowest BCUT2D eigenvalue weighted by atomic mass is 9.72. The van der Waals surface area contributed by atoms with Crippen molar-refractivity contribution in [1.29, 1.82) is 0 Å². The van der Waals surface area contributed by atoms with Crippen LogP contribution in [0.2, 0.25) is 0 Å². The Morgan fingerprint density at radius 2 is 1.81 bits per heavy atom. The normalized spacial score (nSPS) is 50.3. The van der Waals surface area contributed by atoms with Gasteiger partial charge in [-0.1, -0.05) is 0 Å². The number of nitrogens with one attached hydrogen (secondary N) is 1. The number of hydrogen-bond acceptors (Lipinski definition) is 2. The third-order valence-electron chi connectivity index (χ3n) is 6.75. The van der Waals surface area contributed by atoms with E-state index in [4.69, 9.17) is 5.73 Å². The summed E-state index contributed by atoms with van der Waals surface area (Å²) in [6.45, 7) is 0. The minimum atomic E-state index is -2.44. The van der Waals surface area contributed by atoms with Crippen molar-refractivity contribution < 1.29 is 13.6 Å². The lowest BCUT2D eigenvalue weighted by molar-refractivity contribution is -0.126. The van der Waals surface area contributed by atoms with Crippen LogP contribution in [0.5, 0.6) is 0 Å². The van der Waals surface area contributed by atoms with E-state index < -0.39 is 11.3 Å². The first-order chi connectivity index (χ1) is 9.90. The highest BCUT2D eigenvalue weighted by molar-refractivity contribution is 5.79. The summed E-state index contributed by atoms with van der Waals surface area (Å²) >= 11 is 0. The van der Waals surface area contributed by atoms with Crippen LogP contribution in [0, 0.1) is 23.2 Å². The molecule has 0 bridgehead atoms. The molecule has 0 aliphatic heterocycles. The fourth-order valence-electron chi connectivity index (χ4n) is 5.05. The molecule has 0 radical (unpaired) electrons. The van der Waals surface area contributed by atoms with Gasteiger partial charge < -0.3 is 11.1 Å². The molecule has 3 N–H and O–H groups in total. The average molecular weight is 298 g/mol. The number of nitrogens with two attached hydrogens (primary N) is 1. The second-order valence-corrected chi connectivity index (χ2v) is 7.94. The van der Waals surface area contributed by atoms with Gasteiger partial charge in [0.2, 0.25) is 5.91 Å². The topological polar surface area (TPSA) is 55.1 Å². The molecule has 1 spiro atoms. The van der Waals surface area contributed by atoms with Gasteiger partial charge in [-0.25, -0.2) is 8.78 Å². The van der Waals surface area contributed by atoms with E-state index in [1.807, 2.05) is 0 Å². The van der Waals surface area contributed by atoms with Crippen LogP contribution in [0.25, 0.3) is 0 Å². The molecule has 0 aromatic rings. The Morgan fingerprint density at radius 3 is 2.33 bits per heavy atom. The molecule has 118 valence electrons. The van der Waals surface area contributed by atoms with Gasteiger partial charge in [0, 0.05) is 29.8 Å². The summed E-state index contributed by atoms with van der Waals surface area (Å²) < 4.78 is 26.7. The average Bonchev–Trinajstić information content (AvgIpc) is 2.78. The third kappa shape index (κ3) is 2.11. The summed E-state index contributed by atoms with van der Waals surface area (Å²) in [5.41, 5.74) is 5.25. The predicted octanol–water partition coefficient (Wildman–Crippen LogP) is 2.44. The smallest absolute Gasteiger partial charge is 0.254 e. The van der Waals surface area contributed by atoms with Crippen LogP contribution in [0.15, 0.2) is 0 Å². The molecular formula is C16H24F2N2O. The number of halogens is 2. The molecular weight excluding hydrogens is 274 g/mol. The first-order valence-electron chi connectivity index (χ1n) is 8.34. The summed E-state index contributed by atoms with van der Waals surface area (Å²) in [7, 11) is 0. The molecule has 4 aliphatic carbocycles. The van der Waals surface area contributed by atoms with Crippen molar-refractivity contribution in [3.05, 3.63) is 0 Å². The van der Waals surface area contributed by atoms with Gasteiger partial charge in [-0.3, -0.25) is 4.79 Å². The predicted molar refractivity (Wildman–Crippen MR) is 74.7 cm³/mol. The second-order valence-electron chi connectivity index (χ2n) is 7.94. The van der Waals surface area contributed by atoms with Crippen LogP contribution in [0.4, 0.5) is 8.78 Å². The molecule has 4 aliphatic rings. The van der Waals surface area contributed by atoms with Gasteiger partial charge in [-0.2, -0.15) is 0 Å². The number of carbonyl (C=O) groups is 1. The molecule has 5 heteroatoms. The summed E-state index contributed by atoms with van der Waals surface area (Å²) in [6, 6.07) is 0.394. The Morgan fingerprint density at radius 1 is 1.14 bits per heavy atom. The van der Waals surface area contributed by atoms with Crippen molar-refractivity contribution in [1.82, 2.24) is 5.32 Å². The zero-order chi connectivity index (χ0) is 14.8. The van der Waals surface area contributed by atoms with Crippen molar-refractivity contribution in [2.45, 2.75) is 69.4 Å². The Kier molecular flexibility index (Phi) is 2.92. The quantitative estimate of drug-likeness (QED) is 0.822. The van der Waals surface area contributed by atoms with E-state index in [1.54, 1.807) is 0 Å². The standard InChI is InChI=1S/C16H24F2N2O/c17-16(18)8-15(16)3-1-11(2-4-15)20-14(21)10-5-9-7-13(19)12(9)6-10/h9-13H,1-8,19H2,(H,20,21). The van der Waals surface area contributed by atoms with E-state index in [9.17, 15) is 13.6 Å². The Bertz CT molecular complexity index is 459. The Hall–Kier alpha value is -0.710. The highest BCUT2D eigenvalue weighted by Crippen LogP contribution is 2.67. The highest BCUT2D eigenvalue weighted by Gasteiger charge is 2.70. The van der Waals surface area contributed by atoms with Gasteiger partial charge in [0.05, 0.1) is 0 Å². The molecule has 0 heterocycles.